The van der Waals surface area contributed by atoms with Gasteiger partial charge in [-0.3, -0.25) is 0 Å². The van der Waals surface area contributed by atoms with Gasteiger partial charge in [0.2, 0.25) is 0 Å². The van der Waals surface area contributed by atoms with E-state index in [0.717, 1.165) is 0 Å². The maximum atomic E-state index is 5.50. The maximum Gasteiger partial charge on any atom is 0.109 e. The highest BCUT2D eigenvalue weighted by atomic mass is 16.5. The van der Waals surface area contributed by atoms with Crippen LogP contribution < -0.4 is 0 Å². The highest BCUT2D eigenvalue weighted by Crippen LogP contribution is 2.34. The normalized spacial score (nSPS) is 45.2. The monoisotopic (exact) mass is 184 g/mol. The average molecular weight is 184 g/mol. The average Bonchev–Trinajstić information content (AvgIpc) is 2.13. The van der Waals surface area contributed by atoms with Crippen molar-refractivity contribution < 1.29 is 9.47 Å². The summed E-state index contributed by atoms with van der Waals surface area (Å²) >= 11 is 0. The smallest absolute Gasteiger partial charge is 0.109 e. The summed E-state index contributed by atoms with van der Waals surface area (Å²) in [6.07, 6.45) is 4.48. The Morgan fingerprint density at radius 1 is 1.23 bits per heavy atom. The largest absolute Gasteiger partial charge is 0.378 e. The molecule has 0 saturated carbocycles. The molecule has 2 heteroatoms. The minimum atomic E-state index is -0.263. The Hall–Kier alpha value is -0.340. The van der Waals surface area contributed by atoms with Crippen molar-refractivity contribution in [1.29, 1.82) is 0 Å². The summed E-state index contributed by atoms with van der Waals surface area (Å²) < 4.78 is 11.0. The van der Waals surface area contributed by atoms with E-state index in [0.29, 0.717) is 11.8 Å². The third-order valence-electron chi connectivity index (χ3n) is 3.30. The van der Waals surface area contributed by atoms with Crippen LogP contribution in [0.15, 0.2) is 12.2 Å². The zero-order valence-electron chi connectivity index (χ0n) is 9.20. The highest BCUT2D eigenvalue weighted by Gasteiger charge is 2.40. The third kappa shape index (κ3) is 1.79. The van der Waals surface area contributed by atoms with E-state index in [-0.39, 0.29) is 11.7 Å². The van der Waals surface area contributed by atoms with Crippen molar-refractivity contribution in [3.63, 3.8) is 0 Å². The molecule has 0 aliphatic heterocycles. The molecule has 1 aliphatic rings. The highest BCUT2D eigenvalue weighted by molar-refractivity contribution is 5.13. The summed E-state index contributed by atoms with van der Waals surface area (Å²) in [5, 5.41) is 0. The van der Waals surface area contributed by atoms with E-state index < -0.39 is 0 Å². The van der Waals surface area contributed by atoms with Crippen molar-refractivity contribution in [3.8, 4) is 0 Å². The summed E-state index contributed by atoms with van der Waals surface area (Å²) in [6.45, 7) is 6.49. The standard InChI is InChI=1S/C11H20O2/c1-8-6-7-11(3,13-5)10(12-4)9(8)2/h6-10H,1-5H3. The Labute approximate surface area is 80.9 Å². The fraction of sp³-hybridized carbons (Fsp3) is 0.818. The molecule has 0 radical (unpaired) electrons. The van der Waals surface area contributed by atoms with Gasteiger partial charge in [-0.25, -0.2) is 0 Å². The second kappa shape index (κ2) is 3.81. The third-order valence-corrected chi connectivity index (χ3v) is 3.30. The van der Waals surface area contributed by atoms with Gasteiger partial charge in [0.05, 0.1) is 6.10 Å². The van der Waals surface area contributed by atoms with Crippen molar-refractivity contribution in [3.05, 3.63) is 12.2 Å². The lowest BCUT2D eigenvalue weighted by atomic mass is 9.76. The Morgan fingerprint density at radius 3 is 2.31 bits per heavy atom. The molecule has 4 unspecified atom stereocenters. The van der Waals surface area contributed by atoms with E-state index in [1.54, 1.807) is 14.2 Å². The number of hydrogen-bond donors (Lipinski definition) is 0. The minimum absolute atomic E-state index is 0.150. The van der Waals surface area contributed by atoms with E-state index in [1.165, 1.54) is 0 Å². The quantitative estimate of drug-likeness (QED) is 0.613. The SMILES string of the molecule is COC1C(C)C(C)C=CC1(C)OC. The van der Waals surface area contributed by atoms with Crippen LogP contribution in [0.2, 0.25) is 0 Å². The van der Waals surface area contributed by atoms with E-state index in [4.69, 9.17) is 9.47 Å². The predicted molar refractivity (Wildman–Crippen MR) is 53.7 cm³/mol. The van der Waals surface area contributed by atoms with Gasteiger partial charge in [0.15, 0.2) is 0 Å². The van der Waals surface area contributed by atoms with Crippen molar-refractivity contribution in [2.24, 2.45) is 11.8 Å². The second-order valence-electron chi connectivity index (χ2n) is 4.12. The molecule has 0 N–H and O–H groups in total. The molecule has 0 fully saturated rings. The minimum Gasteiger partial charge on any atom is -0.378 e. The molecule has 0 bridgehead atoms. The van der Waals surface area contributed by atoms with Gasteiger partial charge in [0.25, 0.3) is 0 Å². The van der Waals surface area contributed by atoms with Crippen LogP contribution in [-0.2, 0) is 9.47 Å². The van der Waals surface area contributed by atoms with Crippen LogP contribution in [0, 0.1) is 11.8 Å². The van der Waals surface area contributed by atoms with Crippen LogP contribution in [-0.4, -0.2) is 25.9 Å². The van der Waals surface area contributed by atoms with Crippen molar-refractivity contribution in [2.75, 3.05) is 14.2 Å². The molecular weight excluding hydrogens is 164 g/mol. The number of methoxy groups -OCH3 is 2. The second-order valence-corrected chi connectivity index (χ2v) is 4.12. The number of allylic oxidation sites excluding steroid dienone is 1. The molecule has 0 amide bonds. The lowest BCUT2D eigenvalue weighted by Crippen LogP contribution is -2.48. The van der Waals surface area contributed by atoms with Crippen LogP contribution in [0.5, 0.6) is 0 Å². The Morgan fingerprint density at radius 2 is 1.85 bits per heavy atom. The lowest BCUT2D eigenvalue weighted by molar-refractivity contribution is -0.110. The summed E-state index contributed by atoms with van der Waals surface area (Å²) in [4.78, 5) is 0. The van der Waals surface area contributed by atoms with E-state index in [9.17, 15) is 0 Å². The van der Waals surface area contributed by atoms with Gasteiger partial charge in [0.1, 0.15) is 5.60 Å². The summed E-state index contributed by atoms with van der Waals surface area (Å²) in [5.41, 5.74) is -0.263. The number of rotatable bonds is 2. The van der Waals surface area contributed by atoms with Gasteiger partial charge in [-0.1, -0.05) is 26.0 Å². The first kappa shape index (κ1) is 10.7. The van der Waals surface area contributed by atoms with Gasteiger partial charge >= 0.3 is 0 Å². The molecule has 0 heterocycles. The number of hydrogen-bond acceptors (Lipinski definition) is 2. The molecule has 0 saturated heterocycles. The molecule has 13 heavy (non-hydrogen) atoms. The zero-order valence-corrected chi connectivity index (χ0v) is 9.20. The zero-order chi connectivity index (χ0) is 10.1. The molecule has 1 aliphatic carbocycles. The van der Waals surface area contributed by atoms with Crippen LogP contribution >= 0.6 is 0 Å². The molecule has 2 nitrogen and oxygen atoms in total. The van der Waals surface area contributed by atoms with Crippen LogP contribution in [0.1, 0.15) is 20.8 Å². The fourth-order valence-electron chi connectivity index (χ4n) is 2.04. The van der Waals surface area contributed by atoms with Crippen LogP contribution in [0.4, 0.5) is 0 Å². The molecule has 0 aromatic carbocycles. The van der Waals surface area contributed by atoms with Gasteiger partial charge in [-0.05, 0) is 18.8 Å². The number of ether oxygens (including phenoxy) is 2. The topological polar surface area (TPSA) is 18.5 Å². The summed E-state index contributed by atoms with van der Waals surface area (Å²) in [5.74, 6) is 1.06. The summed E-state index contributed by atoms with van der Waals surface area (Å²) in [7, 11) is 3.49. The molecule has 0 aromatic heterocycles. The van der Waals surface area contributed by atoms with Gasteiger partial charge < -0.3 is 9.47 Å². The molecule has 1 rings (SSSR count). The van der Waals surface area contributed by atoms with Gasteiger partial charge in [-0.2, -0.15) is 0 Å². The van der Waals surface area contributed by atoms with Gasteiger partial charge in [0, 0.05) is 14.2 Å². The molecule has 0 aromatic rings. The van der Waals surface area contributed by atoms with Crippen molar-refractivity contribution >= 4 is 0 Å². The fourth-order valence-corrected chi connectivity index (χ4v) is 2.04. The van der Waals surface area contributed by atoms with E-state index in [1.807, 2.05) is 0 Å². The Balaban J connectivity index is 2.92. The molecular formula is C11H20O2. The van der Waals surface area contributed by atoms with E-state index in [2.05, 4.69) is 32.9 Å². The molecule has 4 atom stereocenters. The Bertz CT molecular complexity index is 200. The van der Waals surface area contributed by atoms with Crippen LogP contribution in [0.3, 0.4) is 0 Å². The first-order valence-electron chi connectivity index (χ1n) is 4.82. The predicted octanol–water partition coefficient (Wildman–Crippen LogP) is 2.25. The lowest BCUT2D eigenvalue weighted by Gasteiger charge is -2.41. The van der Waals surface area contributed by atoms with E-state index >= 15 is 0 Å². The van der Waals surface area contributed by atoms with Crippen molar-refractivity contribution in [2.45, 2.75) is 32.5 Å². The Kier molecular flexibility index (Phi) is 3.14. The summed E-state index contributed by atoms with van der Waals surface area (Å²) in [6, 6.07) is 0. The molecule has 76 valence electrons. The first-order valence-corrected chi connectivity index (χ1v) is 4.82. The first-order chi connectivity index (χ1) is 6.05. The van der Waals surface area contributed by atoms with Crippen LogP contribution in [0.25, 0.3) is 0 Å². The van der Waals surface area contributed by atoms with Crippen molar-refractivity contribution in [1.82, 2.24) is 0 Å². The molecule has 0 spiro atoms. The maximum absolute atomic E-state index is 5.50. The van der Waals surface area contributed by atoms with Gasteiger partial charge in [-0.15, -0.1) is 0 Å².